The molecule has 16 aromatic carbocycles. The summed E-state index contributed by atoms with van der Waals surface area (Å²) in [6, 6.07) is 126. The molecule has 0 radical (unpaired) electrons. The molecule has 0 atom stereocenters. The van der Waals surface area contributed by atoms with Gasteiger partial charge in [-0.05, 0) is 185 Å². The Morgan fingerprint density at radius 3 is 0.951 bits per heavy atom. The summed E-state index contributed by atoms with van der Waals surface area (Å²) in [5.74, 6) is 0. The Balaban J connectivity index is 0.000000103. The van der Waals surface area contributed by atoms with Crippen molar-refractivity contribution in [3.8, 4) is 50.4 Å². The Morgan fingerprint density at radius 1 is 0.186 bits per heavy atom. The zero-order chi connectivity index (χ0) is 67.5. The summed E-state index contributed by atoms with van der Waals surface area (Å²) in [7, 11) is 0. The second kappa shape index (κ2) is 24.3. The summed E-state index contributed by atoms with van der Waals surface area (Å²) >= 11 is 5.60. The van der Waals surface area contributed by atoms with Gasteiger partial charge in [0.05, 0.1) is 38.8 Å². The highest BCUT2D eigenvalue weighted by Gasteiger charge is 2.20. The maximum Gasteiger partial charge on any atom is 0.0547 e. The molecule has 0 unspecified atom stereocenters. The lowest BCUT2D eigenvalue weighted by molar-refractivity contribution is 1.16. The first-order valence-corrected chi connectivity index (χ1v) is 37.3. The molecule has 0 aliphatic carbocycles. The van der Waals surface area contributed by atoms with Crippen molar-refractivity contribution in [1.29, 1.82) is 0 Å². The molecule has 0 aliphatic heterocycles. The van der Waals surface area contributed by atoms with Crippen molar-refractivity contribution in [3.05, 3.63) is 357 Å². The molecule has 0 fully saturated rings. The van der Waals surface area contributed by atoms with Crippen LogP contribution in [-0.4, -0.2) is 13.7 Å². The van der Waals surface area contributed by atoms with Crippen LogP contribution < -0.4 is 0 Å². The van der Waals surface area contributed by atoms with E-state index in [9.17, 15) is 0 Å². The maximum absolute atomic E-state index is 2.44. The van der Waals surface area contributed by atoms with Gasteiger partial charge in [-0.25, -0.2) is 0 Å². The molecule has 0 saturated carbocycles. The molecule has 0 amide bonds. The van der Waals surface area contributed by atoms with Gasteiger partial charge in [0.25, 0.3) is 0 Å². The number of rotatable bonds is 6. The number of benzene rings is 16. The first-order chi connectivity index (χ1) is 50.4. The molecule has 0 aliphatic rings. The molecule has 0 saturated heterocycles. The molecule has 480 valence electrons. The number of fused-ring (bicyclic) bond motifs is 19. The second-order valence-corrected chi connectivity index (χ2v) is 30.1. The number of hydrogen-bond acceptors (Lipinski definition) is 3. The Labute approximate surface area is 601 Å². The van der Waals surface area contributed by atoms with E-state index in [1.807, 2.05) is 34.0 Å². The molecule has 6 aromatic heterocycles. The van der Waals surface area contributed by atoms with Crippen molar-refractivity contribution in [2.75, 3.05) is 0 Å². The topological polar surface area (TPSA) is 14.8 Å². The second-order valence-electron chi connectivity index (χ2n) is 26.9. The van der Waals surface area contributed by atoms with Gasteiger partial charge >= 0.3 is 0 Å². The lowest BCUT2D eigenvalue weighted by atomic mass is 10.0. The third-order valence-electron chi connectivity index (χ3n) is 20.6. The molecule has 0 spiro atoms. The van der Waals surface area contributed by atoms with E-state index in [-0.39, 0.29) is 0 Å². The number of para-hydroxylation sites is 4. The fourth-order valence-electron chi connectivity index (χ4n) is 16.0. The minimum absolute atomic E-state index is 1.19. The van der Waals surface area contributed by atoms with Crippen molar-refractivity contribution in [2.45, 2.75) is 13.8 Å². The van der Waals surface area contributed by atoms with Gasteiger partial charge in [-0.15, -0.1) is 34.0 Å². The van der Waals surface area contributed by atoms with Crippen molar-refractivity contribution < 1.29 is 0 Å². The van der Waals surface area contributed by atoms with Crippen LogP contribution in [0.1, 0.15) is 11.1 Å². The highest BCUT2D eigenvalue weighted by molar-refractivity contribution is 7.26. The zero-order valence-electron chi connectivity index (χ0n) is 56.0. The average molecular weight is 1350 g/mol. The van der Waals surface area contributed by atoms with E-state index in [2.05, 4.69) is 373 Å². The number of nitrogens with zero attached hydrogens (tertiary/aromatic N) is 3. The summed E-state index contributed by atoms with van der Waals surface area (Å²) in [6.07, 6.45) is 0. The number of thiophene rings is 3. The van der Waals surface area contributed by atoms with Crippen molar-refractivity contribution in [3.63, 3.8) is 0 Å². The third-order valence-corrected chi connectivity index (χ3v) is 24.1. The maximum atomic E-state index is 2.44. The SMILES string of the molecule is Cc1cc(C)cc(-n2c3ccccc3c3ccc(-c4ccc5sc6ccccc6c5c4)cc32)c1.c1ccc(-n2c3ccccc3c3ccc(-c4ccc5sc6ccccc6c5c4)cc32)cc1.c1ccc2c(-n3c4ccccc4c4ccc(-c5ccc6sc7ccccc7c6c5)cc43)cccc2c1. The Morgan fingerprint density at radius 2 is 0.500 bits per heavy atom. The Bertz CT molecular complexity index is 7080. The summed E-state index contributed by atoms with van der Waals surface area (Å²) in [4.78, 5) is 0. The normalized spacial score (nSPS) is 11.8. The summed E-state index contributed by atoms with van der Waals surface area (Å²) in [5.41, 5.74) is 21.2. The largest absolute Gasteiger partial charge is 0.309 e. The van der Waals surface area contributed by atoms with E-state index in [0.717, 1.165) is 0 Å². The third kappa shape index (κ3) is 10.0. The van der Waals surface area contributed by atoms with Gasteiger partial charge in [0, 0.05) is 110 Å². The molecule has 0 bridgehead atoms. The fourth-order valence-corrected chi connectivity index (χ4v) is 19.3. The van der Waals surface area contributed by atoms with Crippen molar-refractivity contribution in [1.82, 2.24) is 13.7 Å². The summed E-state index contributed by atoms with van der Waals surface area (Å²) in [6.45, 7) is 4.35. The smallest absolute Gasteiger partial charge is 0.0547 e. The standard InChI is InChI=1S/C34H21NS.C32H23NS.C30H19NS/c1-2-10-25-22(8-1)9-7-14-30(25)35-31-13-5-3-11-26(31)27-18-16-24(21-32(27)35)23-17-19-34-29(20-23)28-12-4-6-15-33(28)36-34;1-20-15-21(2)17-24(16-20)33-29-9-5-3-7-25(29)26-13-11-23(19-30(26)33)22-12-14-32-28(18-22)27-8-4-6-10-31(27)34-32;1-2-8-22(9-3-1)31-27-12-6-4-10-23(27)24-16-14-21(19-28(24)31)20-15-17-30-26(18-20)25-11-5-7-13-29(25)32-30/h1-21H;3-19H,1-2H3;1-19H. The van der Waals surface area contributed by atoms with Crippen LogP contribution in [0.15, 0.2) is 346 Å². The average Bonchev–Trinajstić information content (AvgIpc) is 1.59. The zero-order valence-corrected chi connectivity index (χ0v) is 58.4. The quantitative estimate of drug-likeness (QED) is 0.158. The van der Waals surface area contributed by atoms with E-state index in [1.165, 1.54) is 198 Å². The van der Waals surface area contributed by atoms with E-state index in [0.29, 0.717) is 0 Å². The monoisotopic (exact) mass is 1350 g/mol. The van der Waals surface area contributed by atoms with Crippen LogP contribution in [0.2, 0.25) is 0 Å². The van der Waals surface area contributed by atoms with E-state index in [4.69, 9.17) is 0 Å². The Hall–Kier alpha value is -12.2. The Kier molecular flexibility index (Phi) is 14.3. The van der Waals surface area contributed by atoms with E-state index >= 15 is 0 Å². The molecule has 6 heterocycles. The van der Waals surface area contributed by atoms with Crippen molar-refractivity contribution >= 4 is 171 Å². The predicted molar refractivity (Wildman–Crippen MR) is 444 cm³/mol. The minimum Gasteiger partial charge on any atom is -0.309 e. The fraction of sp³-hybridized carbons (Fsp3) is 0.0208. The molecular formula is C96H63N3S3. The van der Waals surface area contributed by atoms with Crippen molar-refractivity contribution in [2.24, 2.45) is 0 Å². The number of hydrogen-bond donors (Lipinski definition) is 0. The lowest BCUT2D eigenvalue weighted by Crippen LogP contribution is -1.95. The van der Waals surface area contributed by atoms with Gasteiger partial charge in [0.1, 0.15) is 0 Å². The van der Waals surface area contributed by atoms with E-state index in [1.54, 1.807) is 0 Å². The molecular weight excluding hydrogens is 1290 g/mol. The first kappa shape index (κ1) is 59.9. The predicted octanol–water partition coefficient (Wildman–Crippen LogP) is 28.2. The van der Waals surface area contributed by atoms with Crippen LogP contribution in [0.25, 0.3) is 187 Å². The van der Waals surface area contributed by atoms with Crippen LogP contribution in [0.4, 0.5) is 0 Å². The van der Waals surface area contributed by atoms with Gasteiger partial charge in [-0.2, -0.15) is 0 Å². The molecule has 22 rings (SSSR count). The summed E-state index contributed by atoms with van der Waals surface area (Å²) in [5, 5.41) is 18.3. The number of aryl methyl sites for hydroxylation is 2. The molecule has 6 heteroatoms. The van der Waals surface area contributed by atoms with Crippen LogP contribution in [0, 0.1) is 13.8 Å². The van der Waals surface area contributed by atoms with Gasteiger partial charge in [0.2, 0.25) is 0 Å². The van der Waals surface area contributed by atoms with Crippen LogP contribution in [0.3, 0.4) is 0 Å². The van der Waals surface area contributed by atoms with Crippen LogP contribution >= 0.6 is 34.0 Å². The highest BCUT2D eigenvalue weighted by Crippen LogP contribution is 2.44. The lowest BCUT2D eigenvalue weighted by Gasteiger charge is -2.12. The van der Waals surface area contributed by atoms with Gasteiger partial charge in [0.15, 0.2) is 0 Å². The van der Waals surface area contributed by atoms with Crippen LogP contribution in [0.5, 0.6) is 0 Å². The highest BCUT2D eigenvalue weighted by atomic mass is 32.1. The van der Waals surface area contributed by atoms with Crippen LogP contribution in [-0.2, 0) is 0 Å². The minimum atomic E-state index is 1.19. The molecule has 22 aromatic rings. The first-order valence-electron chi connectivity index (χ1n) is 34.8. The van der Waals surface area contributed by atoms with Gasteiger partial charge in [-0.3, -0.25) is 0 Å². The van der Waals surface area contributed by atoms with Gasteiger partial charge in [-0.1, -0.05) is 224 Å². The molecule has 3 nitrogen and oxygen atoms in total. The number of aromatic nitrogens is 3. The van der Waals surface area contributed by atoms with E-state index < -0.39 is 0 Å². The molecule has 102 heavy (non-hydrogen) atoms. The molecule has 0 N–H and O–H groups in total. The van der Waals surface area contributed by atoms with Gasteiger partial charge < -0.3 is 13.7 Å². The summed E-state index contributed by atoms with van der Waals surface area (Å²) < 4.78 is 15.3.